The third-order valence-corrected chi connectivity index (χ3v) is 1.81. The van der Waals surface area contributed by atoms with Gasteiger partial charge < -0.3 is 0 Å². The topological polar surface area (TPSA) is 25.8 Å². The van der Waals surface area contributed by atoms with Crippen molar-refractivity contribution in [2.45, 2.75) is 19.3 Å². The minimum atomic E-state index is 1.15. The molecule has 0 aromatic rings. The average Bonchev–Trinajstić information content (AvgIpc) is 2.36. The first-order chi connectivity index (χ1) is 4.88. The van der Waals surface area contributed by atoms with Crippen LogP contribution in [-0.2, 0) is 4.84 Å². The molecule has 2 nitrogen and oxygen atoms in total. The first-order valence-electron chi connectivity index (χ1n) is 3.59. The summed E-state index contributed by atoms with van der Waals surface area (Å²) in [5, 5.41) is 0. The van der Waals surface area contributed by atoms with E-state index in [0.29, 0.717) is 0 Å². The molecule has 0 amide bonds. The Bertz CT molecular complexity index is 161. The number of allylic oxidation sites excluding steroid dienone is 3. The molecule has 0 fully saturated rings. The van der Waals surface area contributed by atoms with Gasteiger partial charge in [0.1, 0.15) is 5.70 Å². The summed E-state index contributed by atoms with van der Waals surface area (Å²) in [7, 11) is 1.69. The molecule has 0 unspecified atom stereocenters. The van der Waals surface area contributed by atoms with Crippen molar-refractivity contribution in [2.75, 3.05) is 7.11 Å². The third-order valence-electron chi connectivity index (χ3n) is 1.81. The van der Waals surface area contributed by atoms with Crippen LogP contribution >= 0.6 is 0 Å². The van der Waals surface area contributed by atoms with Gasteiger partial charge >= 0.3 is 0 Å². The number of quaternary nitrogens is 1. The Balaban J connectivity index is 2.58. The summed E-state index contributed by atoms with van der Waals surface area (Å²) in [4.78, 5) is 4.93. The van der Waals surface area contributed by atoms with Crippen molar-refractivity contribution in [1.82, 2.24) is 0 Å². The summed E-state index contributed by atoms with van der Waals surface area (Å²) in [6, 6.07) is 0. The van der Waals surface area contributed by atoms with Crippen LogP contribution in [0.3, 0.4) is 0 Å². The van der Waals surface area contributed by atoms with Crippen LogP contribution in [0.2, 0.25) is 0 Å². The highest BCUT2D eigenvalue weighted by molar-refractivity contribution is 5.22. The SMILES string of the molecule is C=CC1=C([NH2+]OC)CCC1. The fourth-order valence-corrected chi connectivity index (χ4v) is 1.30. The molecular formula is C8H14NO+. The second-order valence-corrected chi connectivity index (χ2v) is 2.46. The second-order valence-electron chi connectivity index (χ2n) is 2.46. The second kappa shape index (κ2) is 3.54. The van der Waals surface area contributed by atoms with Crippen molar-refractivity contribution in [3.05, 3.63) is 23.9 Å². The van der Waals surface area contributed by atoms with Crippen LogP contribution in [0.15, 0.2) is 23.9 Å². The molecule has 0 aliphatic heterocycles. The highest BCUT2D eigenvalue weighted by Crippen LogP contribution is 2.21. The Morgan fingerprint density at radius 1 is 1.60 bits per heavy atom. The van der Waals surface area contributed by atoms with E-state index in [1.165, 1.54) is 24.1 Å². The summed E-state index contributed by atoms with van der Waals surface area (Å²) >= 11 is 0. The quantitative estimate of drug-likeness (QED) is 0.575. The van der Waals surface area contributed by atoms with Crippen molar-refractivity contribution in [3.8, 4) is 0 Å². The van der Waals surface area contributed by atoms with E-state index >= 15 is 0 Å². The van der Waals surface area contributed by atoms with Gasteiger partial charge in [0.15, 0.2) is 0 Å². The lowest BCUT2D eigenvalue weighted by Crippen LogP contribution is -2.80. The molecule has 0 bridgehead atoms. The maximum atomic E-state index is 4.93. The van der Waals surface area contributed by atoms with Gasteiger partial charge in [0.05, 0.1) is 7.11 Å². The lowest BCUT2D eigenvalue weighted by atomic mass is 10.2. The predicted molar refractivity (Wildman–Crippen MR) is 40.0 cm³/mol. The van der Waals surface area contributed by atoms with Gasteiger partial charge in [0.25, 0.3) is 0 Å². The first-order valence-corrected chi connectivity index (χ1v) is 3.59. The van der Waals surface area contributed by atoms with Crippen LogP contribution in [-0.4, -0.2) is 7.11 Å². The van der Waals surface area contributed by atoms with Gasteiger partial charge in [-0.3, -0.25) is 0 Å². The summed E-state index contributed by atoms with van der Waals surface area (Å²) < 4.78 is 0. The first kappa shape index (κ1) is 7.51. The fraction of sp³-hybridized carbons (Fsp3) is 0.500. The van der Waals surface area contributed by atoms with Crippen LogP contribution in [0.4, 0.5) is 0 Å². The highest BCUT2D eigenvalue weighted by atomic mass is 16.6. The van der Waals surface area contributed by atoms with Crippen LogP contribution < -0.4 is 5.48 Å². The Hall–Kier alpha value is -0.600. The number of hydroxylamine groups is 1. The predicted octanol–water partition coefficient (Wildman–Crippen LogP) is 0.735. The number of hydrogen-bond acceptors (Lipinski definition) is 1. The summed E-state index contributed by atoms with van der Waals surface area (Å²) in [6.07, 6.45) is 5.49. The normalized spacial score (nSPS) is 18.1. The standard InChI is InChI=1S/C8H13NO/c1-3-7-5-4-6-8(7)9-10-2/h3,9H,1,4-6H2,2H3/p+1. The summed E-state index contributed by atoms with van der Waals surface area (Å²) in [5.74, 6) is 0. The molecule has 2 N–H and O–H groups in total. The van der Waals surface area contributed by atoms with Gasteiger partial charge in [-0.05, 0) is 12.8 Å². The molecule has 1 rings (SSSR count). The minimum absolute atomic E-state index is 1.15. The molecule has 0 saturated heterocycles. The minimum Gasteiger partial charge on any atom is -0.205 e. The van der Waals surface area contributed by atoms with Crippen LogP contribution in [0.5, 0.6) is 0 Å². The molecule has 0 heterocycles. The zero-order valence-electron chi connectivity index (χ0n) is 6.39. The van der Waals surface area contributed by atoms with E-state index in [-0.39, 0.29) is 0 Å². The van der Waals surface area contributed by atoms with Crippen LogP contribution in [0.25, 0.3) is 0 Å². The number of rotatable bonds is 3. The molecule has 0 radical (unpaired) electrons. The molecule has 2 heteroatoms. The monoisotopic (exact) mass is 140 g/mol. The van der Waals surface area contributed by atoms with Crippen molar-refractivity contribution >= 4 is 0 Å². The molecular weight excluding hydrogens is 126 g/mol. The maximum Gasteiger partial charge on any atom is 0.141 e. The zero-order valence-corrected chi connectivity index (χ0v) is 6.39. The molecule has 0 aromatic carbocycles. The largest absolute Gasteiger partial charge is 0.205 e. The summed E-state index contributed by atoms with van der Waals surface area (Å²) in [6.45, 7) is 3.74. The summed E-state index contributed by atoms with van der Waals surface area (Å²) in [5.41, 5.74) is 4.49. The third kappa shape index (κ3) is 1.46. The van der Waals surface area contributed by atoms with Gasteiger partial charge in [-0.15, -0.1) is 0 Å². The number of hydrogen-bond donors (Lipinski definition) is 1. The van der Waals surface area contributed by atoms with E-state index in [4.69, 9.17) is 4.84 Å². The van der Waals surface area contributed by atoms with Crippen LogP contribution in [0.1, 0.15) is 19.3 Å². The molecule has 0 saturated carbocycles. The smallest absolute Gasteiger partial charge is 0.141 e. The van der Waals surface area contributed by atoms with Gasteiger partial charge in [-0.25, -0.2) is 4.84 Å². The zero-order chi connectivity index (χ0) is 7.40. The van der Waals surface area contributed by atoms with Crippen LogP contribution in [0, 0.1) is 0 Å². The molecule has 0 spiro atoms. The van der Waals surface area contributed by atoms with Crippen molar-refractivity contribution in [2.24, 2.45) is 0 Å². The molecule has 1 aliphatic carbocycles. The van der Waals surface area contributed by atoms with E-state index in [1.54, 1.807) is 7.11 Å². The van der Waals surface area contributed by atoms with Gasteiger partial charge in [0, 0.05) is 12.0 Å². The molecule has 56 valence electrons. The number of nitrogens with two attached hydrogens (primary N) is 1. The lowest BCUT2D eigenvalue weighted by Gasteiger charge is -1.96. The average molecular weight is 140 g/mol. The van der Waals surface area contributed by atoms with E-state index < -0.39 is 0 Å². The van der Waals surface area contributed by atoms with E-state index in [9.17, 15) is 0 Å². The Kier molecular flexibility index (Phi) is 2.66. The molecule has 10 heavy (non-hydrogen) atoms. The van der Waals surface area contributed by atoms with E-state index in [2.05, 4.69) is 6.58 Å². The van der Waals surface area contributed by atoms with Gasteiger partial charge in [0.2, 0.25) is 0 Å². The van der Waals surface area contributed by atoms with Crippen molar-refractivity contribution in [1.29, 1.82) is 0 Å². The highest BCUT2D eigenvalue weighted by Gasteiger charge is 2.15. The Labute approximate surface area is 61.5 Å². The van der Waals surface area contributed by atoms with Crippen molar-refractivity contribution < 1.29 is 10.3 Å². The Morgan fingerprint density at radius 2 is 2.40 bits per heavy atom. The molecule has 0 aromatic heterocycles. The Morgan fingerprint density at radius 3 is 3.00 bits per heavy atom. The maximum absolute atomic E-state index is 4.93. The van der Waals surface area contributed by atoms with Crippen molar-refractivity contribution in [3.63, 3.8) is 0 Å². The van der Waals surface area contributed by atoms with E-state index in [0.717, 1.165) is 6.42 Å². The molecule has 0 atom stereocenters. The lowest BCUT2D eigenvalue weighted by molar-refractivity contribution is -0.856. The van der Waals surface area contributed by atoms with E-state index in [1.807, 2.05) is 11.6 Å². The molecule has 1 aliphatic rings. The van der Waals surface area contributed by atoms with Gasteiger partial charge in [-0.2, -0.15) is 5.48 Å². The van der Waals surface area contributed by atoms with Gasteiger partial charge in [-0.1, -0.05) is 12.7 Å². The fourth-order valence-electron chi connectivity index (χ4n) is 1.30.